The monoisotopic (exact) mass is 294 g/mol. The van der Waals surface area contributed by atoms with Crippen molar-refractivity contribution in [1.82, 2.24) is 4.90 Å². The molecule has 1 aliphatic rings. The van der Waals surface area contributed by atoms with E-state index in [0.29, 0.717) is 10.7 Å². The van der Waals surface area contributed by atoms with Crippen LogP contribution in [-0.2, 0) is 10.0 Å². The molecule has 110 valence electrons. The third-order valence-corrected chi connectivity index (χ3v) is 4.80. The second-order valence-electron chi connectivity index (χ2n) is 5.08. The van der Waals surface area contributed by atoms with E-state index in [-0.39, 0.29) is 0 Å². The summed E-state index contributed by atoms with van der Waals surface area (Å²) in [4.78, 5) is 2.46. The van der Waals surface area contributed by atoms with Gasteiger partial charge in [0.05, 0.1) is 0 Å². The van der Waals surface area contributed by atoms with Gasteiger partial charge >= 0.3 is 0 Å². The highest BCUT2D eigenvalue weighted by Gasteiger charge is 2.31. The van der Waals surface area contributed by atoms with E-state index in [1.54, 1.807) is 12.1 Å². The highest BCUT2D eigenvalue weighted by molar-refractivity contribution is 7.90. The van der Waals surface area contributed by atoms with E-state index < -0.39 is 10.0 Å². The largest absolute Gasteiger partial charge is 0.355 e. The van der Waals surface area contributed by atoms with Gasteiger partial charge in [-0.15, -0.1) is 4.40 Å². The fourth-order valence-corrected chi connectivity index (χ4v) is 3.57. The minimum atomic E-state index is -3.50. The molecule has 0 radical (unpaired) electrons. The molecule has 2 rings (SSSR count). The van der Waals surface area contributed by atoms with Gasteiger partial charge in [-0.25, -0.2) is 0 Å². The van der Waals surface area contributed by atoms with Gasteiger partial charge in [0.2, 0.25) is 0 Å². The summed E-state index contributed by atoms with van der Waals surface area (Å²) < 4.78 is 28.2. The predicted octanol–water partition coefficient (Wildman–Crippen LogP) is 3.04. The van der Waals surface area contributed by atoms with Crippen LogP contribution in [0.2, 0.25) is 0 Å². The molecule has 5 heteroatoms. The number of benzene rings is 1. The van der Waals surface area contributed by atoms with Crippen LogP contribution in [0.15, 0.2) is 33.6 Å². The lowest BCUT2D eigenvalue weighted by Gasteiger charge is -2.24. The molecule has 1 aliphatic heterocycles. The summed E-state index contributed by atoms with van der Waals surface area (Å²) in [6, 6.07) is 7.10. The van der Waals surface area contributed by atoms with Crippen molar-refractivity contribution >= 4 is 15.9 Å². The highest BCUT2D eigenvalue weighted by Crippen LogP contribution is 2.27. The van der Waals surface area contributed by atoms with Gasteiger partial charge in [0.15, 0.2) is 5.84 Å². The van der Waals surface area contributed by atoms with Crippen LogP contribution in [-0.4, -0.2) is 32.2 Å². The maximum absolute atomic E-state index is 12.1. The molecule has 0 unspecified atom stereocenters. The van der Waals surface area contributed by atoms with Crippen molar-refractivity contribution in [2.24, 2.45) is 4.40 Å². The molecule has 0 bridgehead atoms. The zero-order valence-corrected chi connectivity index (χ0v) is 13.0. The lowest BCUT2D eigenvalue weighted by atomic mass is 10.1. The summed E-state index contributed by atoms with van der Waals surface area (Å²) in [5, 5.41) is 0. The minimum absolute atomic E-state index is 0.341. The first-order valence-electron chi connectivity index (χ1n) is 7.29. The van der Waals surface area contributed by atoms with Crippen LogP contribution in [0.4, 0.5) is 0 Å². The molecule has 0 saturated heterocycles. The number of amidine groups is 1. The minimum Gasteiger partial charge on any atom is -0.355 e. The maximum atomic E-state index is 12.1. The summed E-state index contributed by atoms with van der Waals surface area (Å²) in [5.41, 5.74) is 0.750. The van der Waals surface area contributed by atoms with Crippen molar-refractivity contribution in [2.45, 2.75) is 44.4 Å². The Morgan fingerprint density at radius 1 is 1.05 bits per heavy atom. The second-order valence-corrected chi connectivity index (χ2v) is 6.65. The van der Waals surface area contributed by atoms with Crippen LogP contribution in [0, 0.1) is 0 Å². The average Bonchev–Trinajstić information content (AvgIpc) is 2.72. The molecule has 1 aromatic carbocycles. The Bertz CT molecular complexity index is 586. The van der Waals surface area contributed by atoms with Gasteiger partial charge in [-0.05, 0) is 25.0 Å². The van der Waals surface area contributed by atoms with Crippen molar-refractivity contribution in [3.8, 4) is 0 Å². The first-order chi connectivity index (χ1) is 9.60. The Kier molecular flexibility index (Phi) is 4.81. The molecule has 0 aliphatic carbocycles. The number of unbranched alkanes of at least 4 members (excludes halogenated alkanes) is 2. The molecule has 0 atom stereocenters. The number of nitrogens with zero attached hydrogens (tertiary/aromatic N) is 2. The van der Waals surface area contributed by atoms with Crippen molar-refractivity contribution in [3.05, 3.63) is 29.8 Å². The van der Waals surface area contributed by atoms with Crippen molar-refractivity contribution in [3.63, 3.8) is 0 Å². The topological polar surface area (TPSA) is 49.7 Å². The maximum Gasteiger partial charge on any atom is 0.285 e. The normalized spacial score (nSPS) is 15.8. The Balaban J connectivity index is 2.33. The van der Waals surface area contributed by atoms with Gasteiger partial charge in [-0.3, -0.25) is 0 Å². The molecule has 4 nitrogen and oxygen atoms in total. The fraction of sp³-hybridized carbons (Fsp3) is 0.533. The first kappa shape index (κ1) is 15.0. The summed E-state index contributed by atoms with van der Waals surface area (Å²) in [7, 11) is -3.50. The molecule has 0 spiro atoms. The van der Waals surface area contributed by atoms with E-state index >= 15 is 0 Å². The number of sulfonamides is 1. The summed E-state index contributed by atoms with van der Waals surface area (Å²) in [5.74, 6) is 0.627. The lowest BCUT2D eigenvalue weighted by molar-refractivity contribution is 0.399. The molecule has 0 saturated carbocycles. The fourth-order valence-electron chi connectivity index (χ4n) is 2.34. The highest BCUT2D eigenvalue weighted by atomic mass is 32.2. The van der Waals surface area contributed by atoms with E-state index in [0.717, 1.165) is 44.3 Å². The van der Waals surface area contributed by atoms with E-state index in [1.807, 2.05) is 12.1 Å². The van der Waals surface area contributed by atoms with E-state index in [1.165, 1.54) is 0 Å². The predicted molar refractivity (Wildman–Crippen MR) is 81.6 cm³/mol. The van der Waals surface area contributed by atoms with Crippen molar-refractivity contribution in [2.75, 3.05) is 13.1 Å². The van der Waals surface area contributed by atoms with Crippen molar-refractivity contribution in [1.29, 1.82) is 0 Å². The Labute approximate surface area is 121 Å². The smallest absolute Gasteiger partial charge is 0.285 e. The molecular weight excluding hydrogens is 272 g/mol. The Hall–Kier alpha value is -1.36. The average molecular weight is 294 g/mol. The molecule has 0 N–H and O–H groups in total. The second kappa shape index (κ2) is 6.39. The zero-order chi connectivity index (χ0) is 14.6. The van der Waals surface area contributed by atoms with Crippen LogP contribution in [0.5, 0.6) is 0 Å². The van der Waals surface area contributed by atoms with Crippen LogP contribution >= 0.6 is 0 Å². The summed E-state index contributed by atoms with van der Waals surface area (Å²) >= 11 is 0. The molecular formula is C15H22N2O2S. The molecule has 20 heavy (non-hydrogen) atoms. The van der Waals surface area contributed by atoms with Crippen LogP contribution in [0.1, 0.15) is 45.1 Å². The van der Waals surface area contributed by atoms with Crippen LogP contribution in [0.3, 0.4) is 0 Å². The Morgan fingerprint density at radius 2 is 1.65 bits per heavy atom. The molecule has 1 aromatic rings. The van der Waals surface area contributed by atoms with E-state index in [4.69, 9.17) is 0 Å². The number of hydrogen-bond donors (Lipinski definition) is 0. The van der Waals surface area contributed by atoms with E-state index in [2.05, 4.69) is 23.1 Å². The van der Waals surface area contributed by atoms with Gasteiger partial charge in [0, 0.05) is 18.7 Å². The molecule has 0 fully saturated rings. The number of rotatable bonds is 6. The number of fused-ring (bicyclic) bond motifs is 1. The standard InChI is InChI=1S/C15H22N2O2S/c1-3-5-11-17(12-6-4-2)15-13-9-7-8-10-14(13)20(18,19)16-15/h7-10H,3-6,11-12H2,1-2H3. The van der Waals surface area contributed by atoms with Crippen LogP contribution in [0.25, 0.3) is 0 Å². The quantitative estimate of drug-likeness (QED) is 0.810. The Morgan fingerprint density at radius 3 is 2.25 bits per heavy atom. The van der Waals surface area contributed by atoms with Crippen molar-refractivity contribution < 1.29 is 8.42 Å². The van der Waals surface area contributed by atoms with Gasteiger partial charge in [0.25, 0.3) is 10.0 Å². The van der Waals surface area contributed by atoms with Gasteiger partial charge in [-0.1, -0.05) is 38.8 Å². The molecule has 0 aromatic heterocycles. The molecule has 0 amide bonds. The molecule has 1 heterocycles. The zero-order valence-electron chi connectivity index (χ0n) is 12.2. The van der Waals surface area contributed by atoms with Crippen LogP contribution < -0.4 is 0 Å². The van der Waals surface area contributed by atoms with Gasteiger partial charge < -0.3 is 4.90 Å². The first-order valence-corrected chi connectivity index (χ1v) is 8.73. The lowest BCUT2D eigenvalue weighted by Crippen LogP contribution is -2.32. The number of hydrogen-bond acceptors (Lipinski definition) is 3. The van der Waals surface area contributed by atoms with Gasteiger partial charge in [-0.2, -0.15) is 8.42 Å². The third kappa shape index (κ3) is 3.03. The summed E-state index contributed by atoms with van der Waals surface area (Å²) in [6.45, 7) is 6.00. The van der Waals surface area contributed by atoms with E-state index in [9.17, 15) is 8.42 Å². The third-order valence-electron chi connectivity index (χ3n) is 3.48. The SMILES string of the molecule is CCCCN(CCCC)C1=NS(=O)(=O)c2ccccc21. The summed E-state index contributed by atoms with van der Waals surface area (Å²) in [6.07, 6.45) is 4.27. The van der Waals surface area contributed by atoms with Gasteiger partial charge in [0.1, 0.15) is 4.90 Å².